The highest BCUT2D eigenvalue weighted by molar-refractivity contribution is 5.95. The Kier molecular flexibility index (Phi) is 6.39. The first-order chi connectivity index (χ1) is 15.6. The standard InChI is InChI=1S/C24H26N4O4/c1-30-20-7-5-4-6-18(20)19-9-11-23(26-25-19)27-12-14-28(15-13-27)24(29)17-8-10-21(31-2)22(16-17)32-3/h4-11,16H,12-15H2,1-3H3. The van der Waals surface area contributed by atoms with E-state index in [0.717, 1.165) is 22.8 Å². The number of anilines is 1. The van der Waals surface area contributed by atoms with E-state index in [1.165, 1.54) is 0 Å². The number of nitrogens with zero attached hydrogens (tertiary/aromatic N) is 4. The summed E-state index contributed by atoms with van der Waals surface area (Å²) >= 11 is 0. The molecule has 1 amide bonds. The quantitative estimate of drug-likeness (QED) is 0.590. The van der Waals surface area contributed by atoms with Crippen molar-refractivity contribution in [3.63, 3.8) is 0 Å². The van der Waals surface area contributed by atoms with Crippen LogP contribution in [0.5, 0.6) is 17.2 Å². The van der Waals surface area contributed by atoms with Crippen LogP contribution in [0.15, 0.2) is 54.6 Å². The molecule has 0 atom stereocenters. The van der Waals surface area contributed by atoms with Gasteiger partial charge in [0.2, 0.25) is 0 Å². The average Bonchev–Trinajstić information content (AvgIpc) is 2.88. The van der Waals surface area contributed by atoms with E-state index in [-0.39, 0.29) is 5.91 Å². The van der Waals surface area contributed by atoms with Crippen LogP contribution < -0.4 is 19.1 Å². The zero-order chi connectivity index (χ0) is 22.5. The molecule has 1 fully saturated rings. The Labute approximate surface area is 187 Å². The fourth-order valence-corrected chi connectivity index (χ4v) is 3.78. The van der Waals surface area contributed by atoms with Crippen LogP contribution in [-0.2, 0) is 0 Å². The van der Waals surface area contributed by atoms with Crippen LogP contribution in [0.25, 0.3) is 11.3 Å². The van der Waals surface area contributed by atoms with E-state index in [0.29, 0.717) is 43.2 Å². The van der Waals surface area contributed by atoms with Gasteiger partial charge in [-0.25, -0.2) is 0 Å². The first kappa shape index (κ1) is 21.4. The zero-order valence-corrected chi connectivity index (χ0v) is 18.4. The Bertz CT molecular complexity index is 1080. The number of carbonyl (C=O) groups excluding carboxylic acids is 1. The summed E-state index contributed by atoms with van der Waals surface area (Å²) < 4.78 is 16.0. The first-order valence-corrected chi connectivity index (χ1v) is 10.4. The Morgan fingerprint density at radius 3 is 2.16 bits per heavy atom. The minimum atomic E-state index is -0.0248. The van der Waals surface area contributed by atoms with Crippen LogP contribution in [0.3, 0.4) is 0 Å². The molecule has 166 valence electrons. The summed E-state index contributed by atoms with van der Waals surface area (Å²) in [6.45, 7) is 2.57. The molecule has 0 aliphatic carbocycles. The van der Waals surface area contributed by atoms with Gasteiger partial charge in [-0.05, 0) is 42.5 Å². The fourth-order valence-electron chi connectivity index (χ4n) is 3.78. The molecule has 2 heterocycles. The second-order valence-corrected chi connectivity index (χ2v) is 7.33. The monoisotopic (exact) mass is 434 g/mol. The van der Waals surface area contributed by atoms with E-state index in [1.807, 2.05) is 41.3 Å². The highest BCUT2D eigenvalue weighted by atomic mass is 16.5. The van der Waals surface area contributed by atoms with E-state index < -0.39 is 0 Å². The third-order valence-electron chi connectivity index (χ3n) is 5.55. The molecule has 0 radical (unpaired) electrons. The number of methoxy groups -OCH3 is 3. The molecule has 1 saturated heterocycles. The van der Waals surface area contributed by atoms with Gasteiger partial charge < -0.3 is 24.0 Å². The van der Waals surface area contributed by atoms with Gasteiger partial charge in [0.25, 0.3) is 5.91 Å². The predicted molar refractivity (Wildman–Crippen MR) is 122 cm³/mol. The van der Waals surface area contributed by atoms with Gasteiger partial charge in [0, 0.05) is 37.3 Å². The molecule has 1 aliphatic rings. The first-order valence-electron chi connectivity index (χ1n) is 10.4. The molecule has 8 heteroatoms. The molecular formula is C24H26N4O4. The molecule has 4 rings (SSSR count). The fraction of sp³-hybridized carbons (Fsp3) is 0.292. The molecule has 1 aliphatic heterocycles. The molecular weight excluding hydrogens is 408 g/mol. The average molecular weight is 434 g/mol. The van der Waals surface area contributed by atoms with Gasteiger partial charge in [-0.2, -0.15) is 0 Å². The number of amides is 1. The lowest BCUT2D eigenvalue weighted by Crippen LogP contribution is -2.49. The lowest BCUT2D eigenvalue weighted by Gasteiger charge is -2.35. The summed E-state index contributed by atoms with van der Waals surface area (Å²) in [4.78, 5) is 16.9. The van der Waals surface area contributed by atoms with Crippen LogP contribution >= 0.6 is 0 Å². The van der Waals surface area contributed by atoms with Crippen LogP contribution in [0.2, 0.25) is 0 Å². The summed E-state index contributed by atoms with van der Waals surface area (Å²) in [7, 11) is 4.78. The number of rotatable bonds is 6. The Hall–Kier alpha value is -3.81. The van der Waals surface area contributed by atoms with Gasteiger partial charge in [-0.1, -0.05) is 12.1 Å². The SMILES string of the molecule is COc1ccc(C(=O)N2CCN(c3ccc(-c4ccccc4OC)nn3)CC2)cc1OC. The summed E-state index contributed by atoms with van der Waals surface area (Å²) in [5, 5.41) is 8.80. The number of benzene rings is 2. The van der Waals surface area contributed by atoms with Gasteiger partial charge in [-0.15, -0.1) is 10.2 Å². The lowest BCUT2D eigenvalue weighted by atomic mass is 10.1. The largest absolute Gasteiger partial charge is 0.496 e. The van der Waals surface area contributed by atoms with Crippen molar-refractivity contribution in [2.24, 2.45) is 0 Å². The van der Waals surface area contributed by atoms with Gasteiger partial charge in [0.1, 0.15) is 5.75 Å². The summed E-state index contributed by atoms with van der Waals surface area (Å²) in [5.74, 6) is 2.67. The summed E-state index contributed by atoms with van der Waals surface area (Å²) in [6.07, 6.45) is 0. The van der Waals surface area contributed by atoms with Gasteiger partial charge in [0.05, 0.1) is 27.0 Å². The number of para-hydroxylation sites is 1. The topological polar surface area (TPSA) is 77.0 Å². The smallest absolute Gasteiger partial charge is 0.254 e. The Balaban J connectivity index is 1.41. The number of hydrogen-bond acceptors (Lipinski definition) is 7. The zero-order valence-electron chi connectivity index (χ0n) is 18.4. The van der Waals surface area contributed by atoms with Crippen LogP contribution in [-0.4, -0.2) is 68.5 Å². The normalized spacial score (nSPS) is 13.6. The van der Waals surface area contributed by atoms with E-state index in [9.17, 15) is 4.79 Å². The number of ether oxygens (including phenoxy) is 3. The van der Waals surface area contributed by atoms with Gasteiger partial charge >= 0.3 is 0 Å². The van der Waals surface area contributed by atoms with Crippen molar-refractivity contribution in [1.29, 1.82) is 0 Å². The molecule has 1 aromatic heterocycles. The molecule has 0 N–H and O–H groups in total. The Morgan fingerprint density at radius 2 is 1.50 bits per heavy atom. The van der Waals surface area contributed by atoms with E-state index in [2.05, 4.69) is 15.1 Å². The summed E-state index contributed by atoms with van der Waals surface area (Å²) in [6, 6.07) is 16.9. The maximum atomic E-state index is 12.9. The number of carbonyl (C=O) groups is 1. The maximum absolute atomic E-state index is 12.9. The minimum absolute atomic E-state index is 0.0248. The number of piperazine rings is 1. The summed E-state index contributed by atoms with van der Waals surface area (Å²) in [5.41, 5.74) is 2.24. The molecule has 0 bridgehead atoms. The van der Waals surface area contributed by atoms with Crippen LogP contribution in [0.1, 0.15) is 10.4 Å². The molecule has 0 unspecified atom stereocenters. The van der Waals surface area contributed by atoms with Crippen molar-refractivity contribution in [3.8, 4) is 28.5 Å². The second kappa shape index (κ2) is 9.55. The van der Waals surface area contributed by atoms with E-state index >= 15 is 0 Å². The molecule has 0 saturated carbocycles. The predicted octanol–water partition coefficient (Wildman–Crippen LogP) is 3.13. The molecule has 0 spiro atoms. The van der Waals surface area contributed by atoms with E-state index in [1.54, 1.807) is 39.5 Å². The molecule has 3 aromatic rings. The number of hydrogen-bond donors (Lipinski definition) is 0. The van der Waals surface area contributed by atoms with Crippen molar-refractivity contribution < 1.29 is 19.0 Å². The number of aromatic nitrogens is 2. The second-order valence-electron chi connectivity index (χ2n) is 7.33. The molecule has 32 heavy (non-hydrogen) atoms. The van der Waals surface area contributed by atoms with Crippen molar-refractivity contribution in [2.45, 2.75) is 0 Å². The van der Waals surface area contributed by atoms with Crippen LogP contribution in [0, 0.1) is 0 Å². The maximum Gasteiger partial charge on any atom is 0.254 e. The van der Waals surface area contributed by atoms with Crippen molar-refractivity contribution in [3.05, 3.63) is 60.2 Å². The molecule has 8 nitrogen and oxygen atoms in total. The van der Waals surface area contributed by atoms with Crippen molar-refractivity contribution in [1.82, 2.24) is 15.1 Å². The van der Waals surface area contributed by atoms with E-state index in [4.69, 9.17) is 14.2 Å². The highest BCUT2D eigenvalue weighted by Gasteiger charge is 2.24. The highest BCUT2D eigenvalue weighted by Crippen LogP contribution is 2.29. The molecule has 2 aromatic carbocycles. The van der Waals surface area contributed by atoms with Gasteiger partial charge in [-0.3, -0.25) is 4.79 Å². The third kappa shape index (κ3) is 4.30. The lowest BCUT2D eigenvalue weighted by molar-refractivity contribution is 0.0746. The van der Waals surface area contributed by atoms with Crippen molar-refractivity contribution in [2.75, 3.05) is 52.4 Å². The van der Waals surface area contributed by atoms with Gasteiger partial charge in [0.15, 0.2) is 17.3 Å². The third-order valence-corrected chi connectivity index (χ3v) is 5.55. The van der Waals surface area contributed by atoms with Crippen LogP contribution in [0.4, 0.5) is 5.82 Å². The van der Waals surface area contributed by atoms with Crippen molar-refractivity contribution >= 4 is 11.7 Å². The Morgan fingerprint density at radius 1 is 0.781 bits per heavy atom. The minimum Gasteiger partial charge on any atom is -0.496 e.